The van der Waals surface area contributed by atoms with Gasteiger partial charge in [-0.1, -0.05) is 24.3 Å². The molecule has 1 rings (SSSR count). The van der Waals surface area contributed by atoms with E-state index in [0.717, 1.165) is 12.2 Å². The summed E-state index contributed by atoms with van der Waals surface area (Å²) in [5, 5.41) is 0. The molecule has 0 saturated carbocycles. The van der Waals surface area contributed by atoms with Crippen LogP contribution in [0.25, 0.3) is 0 Å². The summed E-state index contributed by atoms with van der Waals surface area (Å²) >= 11 is 3.49. The second-order valence-electron chi connectivity index (χ2n) is 3.01. The minimum atomic E-state index is -0.351. The van der Waals surface area contributed by atoms with Crippen molar-refractivity contribution in [2.75, 3.05) is 0 Å². The second kappa shape index (κ2) is 4.47. The zero-order valence-corrected chi connectivity index (χ0v) is 9.25. The molecule has 0 spiro atoms. The van der Waals surface area contributed by atoms with Gasteiger partial charge in [-0.15, -0.1) is 6.58 Å². The second-order valence-corrected chi connectivity index (χ2v) is 4.69. The number of alkyl halides is 1. The number of hydrogen-bond donors (Lipinski definition) is 0. The van der Waals surface area contributed by atoms with Crippen LogP contribution in [0.15, 0.2) is 43.0 Å². The summed E-state index contributed by atoms with van der Waals surface area (Å²) in [7, 11) is 0. The molecule has 0 N–H and O–H groups in total. The molecule has 0 aliphatic carbocycles. The Labute approximate surface area is 87.5 Å². The Balaban J connectivity index is 2.63. The molecular formula is C11H13BrO. The molecule has 0 saturated heterocycles. The molecule has 1 atom stereocenters. The fraction of sp³-hybridized carbons (Fsp3) is 0.273. The molecule has 1 aromatic rings. The Kier molecular flexibility index (Phi) is 3.55. The molecule has 0 fully saturated rings. The normalized spacial score (nSPS) is 14.6. The zero-order valence-electron chi connectivity index (χ0n) is 7.66. The van der Waals surface area contributed by atoms with Crippen LogP contribution in [0.5, 0.6) is 5.75 Å². The van der Waals surface area contributed by atoms with Crippen molar-refractivity contribution in [3.63, 3.8) is 0 Å². The number of ether oxygens (including phenoxy) is 1. The molecule has 0 aliphatic heterocycles. The number of rotatable bonds is 4. The largest absolute Gasteiger partial charge is 0.476 e. The van der Waals surface area contributed by atoms with Crippen LogP contribution >= 0.6 is 15.9 Å². The average Bonchev–Trinajstić information content (AvgIpc) is 2.04. The monoisotopic (exact) mass is 240 g/mol. The Bertz CT molecular complexity index is 267. The lowest BCUT2D eigenvalue weighted by molar-refractivity contribution is 0.197. The molecule has 2 heteroatoms. The summed E-state index contributed by atoms with van der Waals surface area (Å²) in [6, 6.07) is 9.73. The lowest BCUT2D eigenvalue weighted by Crippen LogP contribution is -2.22. The fourth-order valence-corrected chi connectivity index (χ4v) is 1.45. The van der Waals surface area contributed by atoms with Crippen LogP contribution in [0.1, 0.15) is 13.3 Å². The zero-order chi connectivity index (χ0) is 9.73. The van der Waals surface area contributed by atoms with E-state index in [0.29, 0.717) is 0 Å². The van der Waals surface area contributed by atoms with Crippen molar-refractivity contribution in [2.45, 2.75) is 17.9 Å². The van der Waals surface area contributed by atoms with Gasteiger partial charge in [0.2, 0.25) is 0 Å². The average molecular weight is 241 g/mol. The fourth-order valence-electron chi connectivity index (χ4n) is 1.03. The van der Waals surface area contributed by atoms with Crippen LogP contribution in [0.2, 0.25) is 0 Å². The van der Waals surface area contributed by atoms with Crippen LogP contribution in [0.4, 0.5) is 0 Å². The summed E-state index contributed by atoms with van der Waals surface area (Å²) in [5.41, 5.74) is 0. The molecule has 0 amide bonds. The van der Waals surface area contributed by atoms with E-state index >= 15 is 0 Å². The topological polar surface area (TPSA) is 9.23 Å². The van der Waals surface area contributed by atoms with Crippen molar-refractivity contribution in [1.82, 2.24) is 0 Å². The van der Waals surface area contributed by atoms with Crippen molar-refractivity contribution in [3.8, 4) is 5.75 Å². The number of para-hydroxylation sites is 1. The minimum Gasteiger partial charge on any atom is -0.476 e. The summed E-state index contributed by atoms with van der Waals surface area (Å²) in [4.78, 5) is 0. The summed E-state index contributed by atoms with van der Waals surface area (Å²) in [6.07, 6.45) is 2.60. The van der Waals surface area contributed by atoms with Gasteiger partial charge in [0.15, 0.2) is 4.51 Å². The highest BCUT2D eigenvalue weighted by Gasteiger charge is 2.19. The van der Waals surface area contributed by atoms with E-state index in [9.17, 15) is 0 Å². The van der Waals surface area contributed by atoms with Crippen LogP contribution in [0, 0.1) is 0 Å². The minimum absolute atomic E-state index is 0.351. The van der Waals surface area contributed by atoms with Crippen molar-refractivity contribution in [2.24, 2.45) is 0 Å². The maximum atomic E-state index is 5.69. The number of hydrogen-bond acceptors (Lipinski definition) is 1. The molecule has 0 radical (unpaired) electrons. The Morgan fingerprint density at radius 2 is 2.08 bits per heavy atom. The van der Waals surface area contributed by atoms with E-state index in [2.05, 4.69) is 22.5 Å². The molecule has 0 aliphatic rings. The predicted octanol–water partition coefficient (Wildman–Crippen LogP) is 3.75. The Morgan fingerprint density at radius 1 is 1.46 bits per heavy atom. The van der Waals surface area contributed by atoms with Crippen LogP contribution in [-0.2, 0) is 0 Å². The first kappa shape index (κ1) is 10.3. The highest BCUT2D eigenvalue weighted by atomic mass is 79.9. The van der Waals surface area contributed by atoms with E-state index in [1.165, 1.54) is 0 Å². The standard InChI is InChI=1S/C11H13BrO/c1-3-9-11(2,12)13-10-7-5-4-6-8-10/h3-8H,1,9H2,2H3. The SMILES string of the molecule is C=CCC(C)(Br)Oc1ccccc1. The van der Waals surface area contributed by atoms with E-state index in [4.69, 9.17) is 4.74 Å². The first-order chi connectivity index (χ1) is 6.14. The molecule has 1 unspecified atom stereocenters. The molecule has 1 aromatic carbocycles. The Hall–Kier alpha value is -0.760. The van der Waals surface area contributed by atoms with Gasteiger partial charge < -0.3 is 4.74 Å². The van der Waals surface area contributed by atoms with Crippen LogP contribution in [0.3, 0.4) is 0 Å². The first-order valence-electron chi connectivity index (χ1n) is 4.18. The van der Waals surface area contributed by atoms with E-state index in [1.54, 1.807) is 0 Å². The third-order valence-electron chi connectivity index (χ3n) is 1.58. The number of halogens is 1. The van der Waals surface area contributed by atoms with Gasteiger partial charge in [-0.3, -0.25) is 0 Å². The Morgan fingerprint density at radius 3 is 2.62 bits per heavy atom. The molecule has 13 heavy (non-hydrogen) atoms. The predicted molar refractivity (Wildman–Crippen MR) is 59.2 cm³/mol. The molecule has 0 bridgehead atoms. The van der Waals surface area contributed by atoms with Crippen molar-refractivity contribution in [3.05, 3.63) is 43.0 Å². The van der Waals surface area contributed by atoms with Crippen LogP contribution < -0.4 is 4.74 Å². The maximum Gasteiger partial charge on any atom is 0.163 e. The molecule has 70 valence electrons. The van der Waals surface area contributed by atoms with Crippen molar-refractivity contribution >= 4 is 15.9 Å². The lowest BCUT2D eigenvalue weighted by Gasteiger charge is -2.22. The number of benzene rings is 1. The highest BCUT2D eigenvalue weighted by molar-refractivity contribution is 9.10. The quantitative estimate of drug-likeness (QED) is 0.576. The molecule has 0 aromatic heterocycles. The molecular weight excluding hydrogens is 228 g/mol. The van der Waals surface area contributed by atoms with Gasteiger partial charge in [-0.25, -0.2) is 0 Å². The highest BCUT2D eigenvalue weighted by Crippen LogP contribution is 2.26. The van der Waals surface area contributed by atoms with Gasteiger partial charge >= 0.3 is 0 Å². The van der Waals surface area contributed by atoms with Crippen molar-refractivity contribution in [1.29, 1.82) is 0 Å². The summed E-state index contributed by atoms with van der Waals surface area (Å²) in [6.45, 7) is 5.65. The first-order valence-corrected chi connectivity index (χ1v) is 4.97. The van der Waals surface area contributed by atoms with E-state index < -0.39 is 0 Å². The molecule has 0 heterocycles. The van der Waals surface area contributed by atoms with Gasteiger partial charge in [-0.2, -0.15) is 0 Å². The summed E-state index contributed by atoms with van der Waals surface area (Å²) < 4.78 is 5.34. The summed E-state index contributed by atoms with van der Waals surface area (Å²) in [5.74, 6) is 0.865. The van der Waals surface area contributed by atoms with Gasteiger partial charge in [-0.05, 0) is 35.0 Å². The van der Waals surface area contributed by atoms with Crippen molar-refractivity contribution < 1.29 is 4.74 Å². The lowest BCUT2D eigenvalue weighted by atomic mass is 10.3. The van der Waals surface area contributed by atoms with Crippen LogP contribution in [-0.4, -0.2) is 4.51 Å². The smallest absolute Gasteiger partial charge is 0.163 e. The van der Waals surface area contributed by atoms with Gasteiger partial charge in [0.05, 0.1) is 0 Å². The third-order valence-corrected chi connectivity index (χ3v) is 2.07. The molecule has 1 nitrogen and oxygen atoms in total. The van der Waals surface area contributed by atoms with Gasteiger partial charge in [0, 0.05) is 6.42 Å². The third kappa shape index (κ3) is 3.64. The van der Waals surface area contributed by atoms with E-state index in [1.807, 2.05) is 43.3 Å². The van der Waals surface area contributed by atoms with E-state index in [-0.39, 0.29) is 4.51 Å². The van der Waals surface area contributed by atoms with Gasteiger partial charge in [0.1, 0.15) is 5.75 Å². The van der Waals surface area contributed by atoms with Gasteiger partial charge in [0.25, 0.3) is 0 Å². The maximum absolute atomic E-state index is 5.69.